The number of carbonyl (C=O) groups excluding carboxylic acids is 2. The molecule has 2 amide bonds. The van der Waals surface area contributed by atoms with E-state index in [1.54, 1.807) is 27.7 Å². The molecule has 100 valence electrons. The topological polar surface area (TPSA) is 116 Å². The number of aromatic nitrogens is 2. The van der Waals surface area contributed by atoms with Gasteiger partial charge in [0.15, 0.2) is 0 Å². The molecule has 0 saturated carbocycles. The molecule has 7 heteroatoms. The SMILES string of the molecule is Cc1nn(CC(=O)NC(C)(C)C(N)=O)c(C)c1N. The van der Waals surface area contributed by atoms with E-state index in [-0.39, 0.29) is 12.5 Å². The maximum Gasteiger partial charge on any atom is 0.242 e. The van der Waals surface area contributed by atoms with Gasteiger partial charge in [-0.2, -0.15) is 5.10 Å². The van der Waals surface area contributed by atoms with Crippen molar-refractivity contribution in [1.82, 2.24) is 15.1 Å². The quantitative estimate of drug-likeness (QED) is 0.668. The van der Waals surface area contributed by atoms with Crippen LogP contribution < -0.4 is 16.8 Å². The van der Waals surface area contributed by atoms with Gasteiger partial charge in [-0.3, -0.25) is 14.3 Å². The summed E-state index contributed by atoms with van der Waals surface area (Å²) in [5.74, 6) is -0.937. The van der Waals surface area contributed by atoms with E-state index in [4.69, 9.17) is 11.5 Å². The predicted molar refractivity (Wildman–Crippen MR) is 67.5 cm³/mol. The molecule has 0 aliphatic heterocycles. The Morgan fingerprint density at radius 2 is 1.94 bits per heavy atom. The second-order valence-corrected chi connectivity index (χ2v) is 4.78. The number of nitrogens with zero attached hydrogens (tertiary/aromatic N) is 2. The lowest BCUT2D eigenvalue weighted by Gasteiger charge is -2.22. The first kappa shape index (κ1) is 14.0. The minimum atomic E-state index is -1.08. The summed E-state index contributed by atoms with van der Waals surface area (Å²) in [7, 11) is 0. The van der Waals surface area contributed by atoms with Gasteiger partial charge in [0.25, 0.3) is 0 Å². The molecule has 1 aromatic rings. The number of primary amides is 1. The third-order valence-electron chi connectivity index (χ3n) is 2.80. The normalized spacial score (nSPS) is 11.3. The summed E-state index contributed by atoms with van der Waals surface area (Å²) in [6.45, 7) is 6.64. The van der Waals surface area contributed by atoms with Crippen molar-refractivity contribution >= 4 is 17.5 Å². The predicted octanol–water partition coefficient (Wildman–Crippen LogP) is -0.538. The molecule has 0 spiro atoms. The van der Waals surface area contributed by atoms with Crippen LogP contribution in [0.25, 0.3) is 0 Å². The lowest BCUT2D eigenvalue weighted by atomic mass is 10.1. The fourth-order valence-electron chi connectivity index (χ4n) is 1.45. The molecule has 18 heavy (non-hydrogen) atoms. The Morgan fingerprint density at radius 3 is 2.33 bits per heavy atom. The second kappa shape index (κ2) is 4.67. The van der Waals surface area contributed by atoms with Crippen LogP contribution in [-0.4, -0.2) is 27.1 Å². The largest absolute Gasteiger partial charge is 0.396 e. The Hall–Kier alpha value is -2.05. The van der Waals surface area contributed by atoms with Crippen molar-refractivity contribution in [2.24, 2.45) is 5.73 Å². The van der Waals surface area contributed by atoms with Gasteiger partial charge >= 0.3 is 0 Å². The van der Waals surface area contributed by atoms with Crippen molar-refractivity contribution in [3.05, 3.63) is 11.4 Å². The molecule has 1 aromatic heterocycles. The van der Waals surface area contributed by atoms with E-state index in [1.807, 2.05) is 0 Å². The Kier molecular flexibility index (Phi) is 3.64. The van der Waals surface area contributed by atoms with Crippen molar-refractivity contribution < 1.29 is 9.59 Å². The van der Waals surface area contributed by atoms with Crippen molar-refractivity contribution in [2.45, 2.75) is 39.8 Å². The molecule has 5 N–H and O–H groups in total. The highest BCUT2D eigenvalue weighted by Gasteiger charge is 2.27. The molecule has 7 nitrogen and oxygen atoms in total. The first-order chi connectivity index (χ1) is 8.15. The molecule has 0 fully saturated rings. The number of amides is 2. The summed E-state index contributed by atoms with van der Waals surface area (Å²) in [6, 6.07) is 0. The van der Waals surface area contributed by atoms with Crippen LogP contribution in [0.4, 0.5) is 5.69 Å². The average molecular weight is 253 g/mol. The number of nitrogens with two attached hydrogens (primary N) is 2. The van der Waals surface area contributed by atoms with Gasteiger partial charge in [-0.1, -0.05) is 0 Å². The van der Waals surface area contributed by atoms with Crippen LogP contribution in [0.1, 0.15) is 25.2 Å². The van der Waals surface area contributed by atoms with E-state index in [0.717, 1.165) is 5.69 Å². The van der Waals surface area contributed by atoms with Gasteiger partial charge in [0, 0.05) is 0 Å². The number of hydrogen-bond donors (Lipinski definition) is 3. The lowest BCUT2D eigenvalue weighted by molar-refractivity contribution is -0.130. The molecule has 0 atom stereocenters. The van der Waals surface area contributed by atoms with Crippen LogP contribution in [-0.2, 0) is 16.1 Å². The molecule has 0 saturated heterocycles. The minimum absolute atomic E-state index is 0.000579. The van der Waals surface area contributed by atoms with Gasteiger partial charge in [0.2, 0.25) is 11.8 Å². The molecule has 0 radical (unpaired) electrons. The molecule has 0 aliphatic carbocycles. The van der Waals surface area contributed by atoms with Gasteiger partial charge in [0.1, 0.15) is 12.1 Å². The number of nitrogen functional groups attached to an aromatic ring is 1. The number of anilines is 1. The summed E-state index contributed by atoms with van der Waals surface area (Å²) in [5.41, 5.74) is 11.8. The monoisotopic (exact) mass is 253 g/mol. The smallest absolute Gasteiger partial charge is 0.242 e. The van der Waals surface area contributed by atoms with Gasteiger partial charge in [0.05, 0.1) is 17.1 Å². The van der Waals surface area contributed by atoms with Crippen molar-refractivity contribution in [1.29, 1.82) is 0 Å². The summed E-state index contributed by atoms with van der Waals surface area (Å²) in [6.07, 6.45) is 0. The van der Waals surface area contributed by atoms with Gasteiger partial charge in [-0.05, 0) is 27.7 Å². The highest BCUT2D eigenvalue weighted by Crippen LogP contribution is 2.14. The number of aryl methyl sites for hydroxylation is 1. The zero-order valence-electron chi connectivity index (χ0n) is 11.1. The van der Waals surface area contributed by atoms with Crippen LogP contribution in [0.5, 0.6) is 0 Å². The number of hydrogen-bond acceptors (Lipinski definition) is 4. The Balaban J connectivity index is 2.77. The summed E-state index contributed by atoms with van der Waals surface area (Å²) >= 11 is 0. The molecule has 0 bridgehead atoms. The fourth-order valence-corrected chi connectivity index (χ4v) is 1.45. The van der Waals surface area contributed by atoms with E-state index in [9.17, 15) is 9.59 Å². The van der Waals surface area contributed by atoms with E-state index in [2.05, 4.69) is 10.4 Å². The molecule has 1 heterocycles. The molecule has 0 unspecified atom stereocenters. The zero-order valence-corrected chi connectivity index (χ0v) is 11.1. The van der Waals surface area contributed by atoms with Crippen LogP contribution in [0.3, 0.4) is 0 Å². The van der Waals surface area contributed by atoms with Crippen molar-refractivity contribution in [2.75, 3.05) is 5.73 Å². The fraction of sp³-hybridized carbons (Fsp3) is 0.545. The zero-order chi connectivity index (χ0) is 14.1. The number of carbonyl (C=O) groups is 2. The van der Waals surface area contributed by atoms with Crippen LogP contribution >= 0.6 is 0 Å². The molecule has 0 aliphatic rings. The third-order valence-corrected chi connectivity index (χ3v) is 2.80. The Labute approximate surface area is 106 Å². The highest BCUT2D eigenvalue weighted by atomic mass is 16.2. The van der Waals surface area contributed by atoms with E-state index in [0.29, 0.717) is 11.4 Å². The number of rotatable bonds is 4. The second-order valence-electron chi connectivity index (χ2n) is 4.78. The summed E-state index contributed by atoms with van der Waals surface area (Å²) < 4.78 is 1.50. The van der Waals surface area contributed by atoms with Gasteiger partial charge < -0.3 is 16.8 Å². The number of nitrogens with one attached hydrogen (secondary N) is 1. The molecule has 1 rings (SSSR count). The maximum atomic E-state index is 11.8. The standard InChI is InChI=1S/C11H19N5O2/c1-6-9(12)7(2)16(15-6)5-8(17)14-11(3,4)10(13)18/h5,12H2,1-4H3,(H2,13,18)(H,14,17). The average Bonchev–Trinajstić information content (AvgIpc) is 2.45. The molecular formula is C11H19N5O2. The van der Waals surface area contributed by atoms with Crippen LogP contribution in [0, 0.1) is 13.8 Å². The summed E-state index contributed by atoms with van der Waals surface area (Å²) in [4.78, 5) is 22.9. The first-order valence-corrected chi connectivity index (χ1v) is 5.55. The minimum Gasteiger partial charge on any atom is -0.396 e. The highest BCUT2D eigenvalue weighted by molar-refractivity contribution is 5.89. The van der Waals surface area contributed by atoms with Gasteiger partial charge in [-0.15, -0.1) is 0 Å². The van der Waals surface area contributed by atoms with Crippen molar-refractivity contribution in [3.8, 4) is 0 Å². The van der Waals surface area contributed by atoms with Gasteiger partial charge in [-0.25, -0.2) is 0 Å². The van der Waals surface area contributed by atoms with Crippen LogP contribution in [0.2, 0.25) is 0 Å². The van der Waals surface area contributed by atoms with Crippen LogP contribution in [0.15, 0.2) is 0 Å². The first-order valence-electron chi connectivity index (χ1n) is 5.55. The molecule has 0 aromatic carbocycles. The summed E-state index contributed by atoms with van der Waals surface area (Å²) in [5, 5.41) is 6.68. The van der Waals surface area contributed by atoms with E-state index < -0.39 is 11.4 Å². The molecular weight excluding hydrogens is 234 g/mol. The van der Waals surface area contributed by atoms with E-state index in [1.165, 1.54) is 4.68 Å². The maximum absolute atomic E-state index is 11.8. The Bertz CT molecular complexity index is 490. The lowest BCUT2D eigenvalue weighted by Crippen LogP contribution is -2.53. The Morgan fingerprint density at radius 1 is 1.39 bits per heavy atom. The van der Waals surface area contributed by atoms with E-state index >= 15 is 0 Å². The van der Waals surface area contributed by atoms with Crippen molar-refractivity contribution in [3.63, 3.8) is 0 Å². The third kappa shape index (κ3) is 2.79.